The molecule has 0 radical (unpaired) electrons. The average molecular weight is 342 g/mol. The number of rotatable bonds is 3. The number of hydrogen-bond donors (Lipinski definition) is 1. The molecule has 124 valence electrons. The lowest BCUT2D eigenvalue weighted by Crippen LogP contribution is -2.32. The van der Waals surface area contributed by atoms with E-state index < -0.39 is 0 Å². The van der Waals surface area contributed by atoms with Gasteiger partial charge in [-0.15, -0.1) is 11.3 Å². The molecule has 1 N–H and O–H groups in total. The molecule has 0 unspecified atom stereocenters. The molecule has 0 aromatic carbocycles. The zero-order chi connectivity index (χ0) is 16.7. The van der Waals surface area contributed by atoms with Gasteiger partial charge in [0.05, 0.1) is 11.7 Å². The van der Waals surface area contributed by atoms with Crippen molar-refractivity contribution >= 4 is 28.2 Å². The highest BCUT2D eigenvalue weighted by molar-refractivity contribution is 7.15. The summed E-state index contributed by atoms with van der Waals surface area (Å²) in [6.07, 6.45) is 8.32. The highest BCUT2D eigenvalue weighted by Gasteiger charge is 2.25. The number of hydrogen-bond acceptors (Lipinski definition) is 6. The van der Waals surface area contributed by atoms with Crippen molar-refractivity contribution in [2.45, 2.75) is 25.3 Å². The minimum Gasteiger partial charge on any atom is -0.347 e. The molecule has 4 rings (SSSR count). The third-order valence-corrected chi connectivity index (χ3v) is 4.97. The van der Waals surface area contributed by atoms with Crippen molar-refractivity contribution in [1.82, 2.24) is 24.7 Å². The van der Waals surface area contributed by atoms with Gasteiger partial charge in [-0.2, -0.15) is 0 Å². The highest BCUT2D eigenvalue weighted by Crippen LogP contribution is 2.29. The Bertz CT molecular complexity index is 870. The minimum atomic E-state index is -0.152. The van der Waals surface area contributed by atoms with E-state index in [1.165, 1.54) is 11.3 Å². The van der Waals surface area contributed by atoms with Crippen LogP contribution in [0.1, 0.15) is 40.6 Å². The first-order valence-corrected chi connectivity index (χ1v) is 8.76. The lowest BCUT2D eigenvalue weighted by molar-refractivity contribution is 0.0928. The Labute approximate surface area is 143 Å². The van der Waals surface area contributed by atoms with Crippen molar-refractivity contribution < 1.29 is 4.79 Å². The van der Waals surface area contributed by atoms with Crippen LogP contribution in [0.4, 0.5) is 5.95 Å². The summed E-state index contributed by atoms with van der Waals surface area (Å²) in [6.45, 7) is 0. The zero-order valence-electron chi connectivity index (χ0n) is 13.6. The first-order valence-electron chi connectivity index (χ1n) is 7.88. The number of imidazole rings is 1. The summed E-state index contributed by atoms with van der Waals surface area (Å²) in [5.74, 6) is 0.551. The predicted molar refractivity (Wildman–Crippen MR) is 92.6 cm³/mol. The molecule has 0 saturated heterocycles. The standard InChI is InChI=1S/C16H18N6OS/c1-21(2)15-17-8-10-11(4-3-5-12(10)19-15)18-14(23)13-9-22-6-7-24-16(22)20-13/h6-9,11H,3-5H2,1-2H3,(H,18,23)/t11-/m0/s1. The number of carbonyl (C=O) groups excluding carboxylic acids is 1. The fraction of sp³-hybridized carbons (Fsp3) is 0.375. The van der Waals surface area contributed by atoms with Gasteiger partial charge in [-0.05, 0) is 19.3 Å². The first kappa shape index (κ1) is 15.1. The number of nitrogens with zero attached hydrogens (tertiary/aromatic N) is 5. The van der Waals surface area contributed by atoms with E-state index in [4.69, 9.17) is 0 Å². The normalized spacial score (nSPS) is 16.8. The van der Waals surface area contributed by atoms with Crippen LogP contribution in [0.15, 0.2) is 24.0 Å². The highest BCUT2D eigenvalue weighted by atomic mass is 32.1. The number of fused-ring (bicyclic) bond motifs is 2. The van der Waals surface area contributed by atoms with Crippen LogP contribution < -0.4 is 10.2 Å². The molecule has 3 aromatic rings. The monoisotopic (exact) mass is 342 g/mol. The van der Waals surface area contributed by atoms with Gasteiger partial charge in [0.25, 0.3) is 5.91 Å². The molecular formula is C16H18N6OS. The third-order valence-electron chi connectivity index (χ3n) is 4.20. The molecule has 0 aliphatic heterocycles. The Morgan fingerprint density at radius 1 is 1.42 bits per heavy atom. The maximum atomic E-state index is 12.5. The van der Waals surface area contributed by atoms with Crippen LogP contribution in [-0.2, 0) is 6.42 Å². The summed E-state index contributed by atoms with van der Waals surface area (Å²) in [5, 5.41) is 5.03. The second-order valence-electron chi connectivity index (χ2n) is 6.10. The molecule has 1 atom stereocenters. The molecule has 3 heterocycles. The predicted octanol–water partition coefficient (Wildman–Crippen LogP) is 2.06. The Morgan fingerprint density at radius 2 is 2.29 bits per heavy atom. The molecule has 24 heavy (non-hydrogen) atoms. The van der Waals surface area contributed by atoms with E-state index in [1.807, 2.05) is 41.2 Å². The SMILES string of the molecule is CN(C)c1ncc2c(n1)CCC[C@@H]2NC(=O)c1cn2ccsc2n1. The van der Waals surface area contributed by atoms with E-state index in [-0.39, 0.29) is 11.9 Å². The van der Waals surface area contributed by atoms with Gasteiger partial charge in [-0.1, -0.05) is 0 Å². The number of thiazole rings is 1. The molecule has 7 nitrogen and oxygen atoms in total. The van der Waals surface area contributed by atoms with Crippen LogP contribution in [0.25, 0.3) is 4.96 Å². The summed E-state index contributed by atoms with van der Waals surface area (Å²) in [7, 11) is 3.85. The maximum absolute atomic E-state index is 12.5. The quantitative estimate of drug-likeness (QED) is 0.788. The summed E-state index contributed by atoms with van der Waals surface area (Å²) >= 11 is 1.51. The van der Waals surface area contributed by atoms with E-state index in [2.05, 4.69) is 20.3 Å². The molecule has 1 aliphatic carbocycles. The van der Waals surface area contributed by atoms with E-state index in [1.54, 1.807) is 6.20 Å². The number of aryl methyl sites for hydroxylation is 1. The van der Waals surface area contributed by atoms with Crippen LogP contribution in [0.3, 0.4) is 0 Å². The van der Waals surface area contributed by atoms with Crippen LogP contribution in [-0.4, -0.2) is 39.4 Å². The number of amides is 1. The lowest BCUT2D eigenvalue weighted by Gasteiger charge is -2.26. The summed E-state index contributed by atoms with van der Waals surface area (Å²) in [6, 6.07) is -0.0582. The molecule has 0 spiro atoms. The van der Waals surface area contributed by atoms with E-state index in [0.717, 1.165) is 35.5 Å². The van der Waals surface area contributed by atoms with E-state index >= 15 is 0 Å². The smallest absolute Gasteiger partial charge is 0.272 e. The van der Waals surface area contributed by atoms with Crippen molar-refractivity contribution in [3.63, 3.8) is 0 Å². The fourth-order valence-corrected chi connectivity index (χ4v) is 3.67. The van der Waals surface area contributed by atoms with Crippen molar-refractivity contribution in [1.29, 1.82) is 0 Å². The maximum Gasteiger partial charge on any atom is 0.272 e. The average Bonchev–Trinajstić information content (AvgIpc) is 3.16. The topological polar surface area (TPSA) is 75.4 Å². The van der Waals surface area contributed by atoms with Crippen molar-refractivity contribution in [3.05, 3.63) is 40.9 Å². The molecule has 8 heteroatoms. The van der Waals surface area contributed by atoms with Gasteiger partial charge < -0.3 is 10.2 Å². The van der Waals surface area contributed by atoms with Gasteiger partial charge in [-0.25, -0.2) is 15.0 Å². The van der Waals surface area contributed by atoms with E-state index in [9.17, 15) is 4.79 Å². The van der Waals surface area contributed by atoms with Gasteiger partial charge in [0.1, 0.15) is 5.69 Å². The first-order chi connectivity index (χ1) is 11.6. The lowest BCUT2D eigenvalue weighted by atomic mass is 9.92. The Hall–Kier alpha value is -2.48. The Kier molecular flexibility index (Phi) is 3.68. The van der Waals surface area contributed by atoms with Crippen molar-refractivity contribution in [3.8, 4) is 0 Å². The second-order valence-corrected chi connectivity index (χ2v) is 6.98. The fourth-order valence-electron chi connectivity index (χ4n) is 2.97. The molecule has 1 amide bonds. The molecule has 0 saturated carbocycles. The van der Waals surface area contributed by atoms with Gasteiger partial charge in [-0.3, -0.25) is 9.20 Å². The number of anilines is 1. The zero-order valence-corrected chi connectivity index (χ0v) is 14.4. The molecule has 3 aromatic heterocycles. The molecular weight excluding hydrogens is 324 g/mol. The van der Waals surface area contributed by atoms with Crippen LogP contribution >= 0.6 is 11.3 Å². The third kappa shape index (κ3) is 2.62. The van der Waals surface area contributed by atoms with Crippen LogP contribution in [0.2, 0.25) is 0 Å². The minimum absolute atomic E-state index is 0.0582. The molecule has 0 fully saturated rings. The van der Waals surface area contributed by atoms with Crippen LogP contribution in [0, 0.1) is 0 Å². The van der Waals surface area contributed by atoms with Crippen LogP contribution in [0.5, 0.6) is 0 Å². The van der Waals surface area contributed by atoms with Crippen molar-refractivity contribution in [2.75, 3.05) is 19.0 Å². The number of carbonyl (C=O) groups is 1. The Morgan fingerprint density at radius 3 is 3.08 bits per heavy atom. The van der Waals surface area contributed by atoms with Gasteiger partial charge in [0.2, 0.25) is 5.95 Å². The largest absolute Gasteiger partial charge is 0.347 e. The summed E-state index contributed by atoms with van der Waals surface area (Å²) in [5.41, 5.74) is 2.48. The number of nitrogens with one attached hydrogen (secondary N) is 1. The van der Waals surface area contributed by atoms with Gasteiger partial charge in [0, 0.05) is 43.6 Å². The number of aromatic nitrogens is 4. The summed E-state index contributed by atoms with van der Waals surface area (Å²) < 4.78 is 1.86. The molecule has 1 aliphatic rings. The second kappa shape index (κ2) is 5.86. The summed E-state index contributed by atoms with van der Waals surface area (Å²) in [4.78, 5) is 28.6. The molecule has 0 bridgehead atoms. The Balaban J connectivity index is 1.57. The van der Waals surface area contributed by atoms with Gasteiger partial charge in [0.15, 0.2) is 4.96 Å². The van der Waals surface area contributed by atoms with Gasteiger partial charge >= 0.3 is 0 Å². The van der Waals surface area contributed by atoms with E-state index in [0.29, 0.717) is 11.6 Å². The van der Waals surface area contributed by atoms with Crippen molar-refractivity contribution in [2.24, 2.45) is 0 Å².